The van der Waals surface area contributed by atoms with Crippen LogP contribution in [0.2, 0.25) is 0 Å². The molecular weight excluding hydrogens is 294 g/mol. The Morgan fingerprint density at radius 2 is 2.30 bits per heavy atom. The lowest BCUT2D eigenvalue weighted by Crippen LogP contribution is -2.40. The van der Waals surface area contributed by atoms with Crippen LogP contribution >= 0.6 is 0 Å². The average Bonchev–Trinajstić information content (AvgIpc) is 3.00. The van der Waals surface area contributed by atoms with E-state index in [4.69, 9.17) is 9.47 Å². The lowest BCUT2D eigenvalue weighted by Gasteiger charge is -2.26. The number of carbonyl (C=O) groups excluding carboxylic acids is 1. The molecule has 0 N–H and O–H groups in total. The maximum Gasteiger partial charge on any atom is 0.259 e. The van der Waals surface area contributed by atoms with Gasteiger partial charge in [0.25, 0.3) is 5.91 Å². The van der Waals surface area contributed by atoms with E-state index in [0.717, 1.165) is 52.2 Å². The quantitative estimate of drug-likeness (QED) is 0.840. The number of aromatic nitrogens is 1. The summed E-state index contributed by atoms with van der Waals surface area (Å²) in [6, 6.07) is 4.10. The first-order valence-electron chi connectivity index (χ1n) is 8.48. The molecule has 2 aliphatic heterocycles. The summed E-state index contributed by atoms with van der Waals surface area (Å²) in [5.74, 6) is 0.455. The Morgan fingerprint density at radius 1 is 1.39 bits per heavy atom. The van der Waals surface area contributed by atoms with Gasteiger partial charge in [0.05, 0.1) is 13.2 Å². The van der Waals surface area contributed by atoms with E-state index >= 15 is 0 Å². The summed E-state index contributed by atoms with van der Waals surface area (Å²) in [4.78, 5) is 21.4. The number of nitrogens with zero attached hydrogens (tertiary/aromatic N) is 3. The fraction of sp³-hybridized carbons (Fsp3) is 0.647. The van der Waals surface area contributed by atoms with Gasteiger partial charge in [-0.3, -0.25) is 9.69 Å². The minimum absolute atomic E-state index is 0.0195. The molecule has 126 valence electrons. The molecule has 2 aliphatic rings. The third kappa shape index (κ3) is 3.82. The second-order valence-electron chi connectivity index (χ2n) is 5.99. The van der Waals surface area contributed by atoms with Crippen LogP contribution in [0.4, 0.5) is 0 Å². The molecule has 0 saturated carbocycles. The minimum atomic E-state index is 0.0195. The highest BCUT2D eigenvalue weighted by atomic mass is 16.5. The van der Waals surface area contributed by atoms with Gasteiger partial charge >= 0.3 is 0 Å². The van der Waals surface area contributed by atoms with Gasteiger partial charge in [0.2, 0.25) is 5.88 Å². The maximum atomic E-state index is 12.8. The Kier molecular flexibility index (Phi) is 5.46. The third-order valence-electron chi connectivity index (χ3n) is 4.52. The highest BCUT2D eigenvalue weighted by Gasteiger charge is 2.28. The minimum Gasteiger partial charge on any atom is -0.477 e. The Labute approximate surface area is 137 Å². The van der Waals surface area contributed by atoms with Crippen LogP contribution in [-0.2, 0) is 4.74 Å². The molecule has 0 spiro atoms. The summed E-state index contributed by atoms with van der Waals surface area (Å²) in [7, 11) is 0. The SMILES string of the molecule is CCOc1ncccc1C(=O)N1CCCN(C2CCOC2)CC1. The summed E-state index contributed by atoms with van der Waals surface area (Å²) < 4.78 is 11.0. The molecular formula is C17H25N3O3. The molecule has 1 amide bonds. The topological polar surface area (TPSA) is 54.9 Å². The highest BCUT2D eigenvalue weighted by molar-refractivity contribution is 5.96. The summed E-state index contributed by atoms with van der Waals surface area (Å²) in [5, 5.41) is 0. The molecule has 1 unspecified atom stereocenters. The molecule has 3 heterocycles. The van der Waals surface area contributed by atoms with Gasteiger partial charge in [0.1, 0.15) is 5.56 Å². The predicted molar refractivity (Wildman–Crippen MR) is 86.7 cm³/mol. The molecule has 0 radical (unpaired) electrons. The van der Waals surface area contributed by atoms with Gasteiger partial charge in [-0.15, -0.1) is 0 Å². The summed E-state index contributed by atoms with van der Waals surface area (Å²) >= 11 is 0. The van der Waals surface area contributed by atoms with E-state index in [1.807, 2.05) is 11.8 Å². The van der Waals surface area contributed by atoms with Crippen LogP contribution < -0.4 is 4.74 Å². The van der Waals surface area contributed by atoms with Crippen molar-refractivity contribution in [3.63, 3.8) is 0 Å². The Morgan fingerprint density at radius 3 is 3.09 bits per heavy atom. The summed E-state index contributed by atoms with van der Waals surface area (Å²) in [6.45, 7) is 7.55. The lowest BCUT2D eigenvalue weighted by molar-refractivity contribution is 0.0751. The molecule has 3 rings (SSSR count). The van der Waals surface area contributed by atoms with Crippen LogP contribution in [0.1, 0.15) is 30.1 Å². The van der Waals surface area contributed by atoms with Gasteiger partial charge in [-0.2, -0.15) is 0 Å². The van der Waals surface area contributed by atoms with Gasteiger partial charge in [-0.1, -0.05) is 0 Å². The van der Waals surface area contributed by atoms with Gasteiger partial charge < -0.3 is 14.4 Å². The number of hydrogen-bond acceptors (Lipinski definition) is 5. The lowest BCUT2D eigenvalue weighted by atomic mass is 10.2. The van der Waals surface area contributed by atoms with Crippen molar-refractivity contribution in [2.45, 2.75) is 25.8 Å². The number of rotatable bonds is 4. The molecule has 1 atom stereocenters. The van der Waals surface area contributed by atoms with E-state index in [-0.39, 0.29) is 5.91 Å². The van der Waals surface area contributed by atoms with Gasteiger partial charge in [-0.25, -0.2) is 4.98 Å². The van der Waals surface area contributed by atoms with E-state index in [1.54, 1.807) is 18.3 Å². The second kappa shape index (κ2) is 7.75. The molecule has 6 nitrogen and oxygen atoms in total. The van der Waals surface area contributed by atoms with Crippen molar-refractivity contribution in [3.05, 3.63) is 23.9 Å². The first kappa shape index (κ1) is 16.2. The molecule has 2 saturated heterocycles. The molecule has 0 aromatic carbocycles. The van der Waals surface area contributed by atoms with Crippen molar-refractivity contribution >= 4 is 5.91 Å². The smallest absolute Gasteiger partial charge is 0.259 e. The first-order chi connectivity index (χ1) is 11.3. The largest absolute Gasteiger partial charge is 0.477 e. The van der Waals surface area contributed by atoms with Crippen LogP contribution in [0.3, 0.4) is 0 Å². The third-order valence-corrected chi connectivity index (χ3v) is 4.52. The molecule has 1 aromatic rings. The molecule has 1 aromatic heterocycles. The fourth-order valence-electron chi connectivity index (χ4n) is 3.29. The standard InChI is InChI=1S/C17H25N3O3/c1-2-23-16-15(5-3-7-18-16)17(21)20-9-4-8-19(10-11-20)14-6-12-22-13-14/h3,5,7,14H,2,4,6,8-13H2,1H3. The Bertz CT molecular complexity index is 532. The van der Waals surface area contributed by atoms with Crippen molar-refractivity contribution in [1.82, 2.24) is 14.8 Å². The van der Waals surface area contributed by atoms with E-state index in [0.29, 0.717) is 24.1 Å². The van der Waals surface area contributed by atoms with E-state index < -0.39 is 0 Å². The summed E-state index contributed by atoms with van der Waals surface area (Å²) in [6.07, 6.45) is 3.75. The second-order valence-corrected chi connectivity index (χ2v) is 5.99. The number of carbonyl (C=O) groups is 1. The van der Waals surface area contributed by atoms with Crippen molar-refractivity contribution in [2.75, 3.05) is 46.0 Å². The van der Waals surface area contributed by atoms with Gasteiger partial charge in [0, 0.05) is 45.0 Å². The zero-order valence-electron chi connectivity index (χ0n) is 13.7. The monoisotopic (exact) mass is 319 g/mol. The van der Waals surface area contributed by atoms with Crippen molar-refractivity contribution in [3.8, 4) is 5.88 Å². The predicted octanol–water partition coefficient (Wildman–Crippen LogP) is 1.42. The van der Waals surface area contributed by atoms with Crippen molar-refractivity contribution < 1.29 is 14.3 Å². The number of ether oxygens (including phenoxy) is 2. The van der Waals surface area contributed by atoms with Crippen LogP contribution in [-0.4, -0.2) is 72.7 Å². The normalized spacial score (nSPS) is 22.8. The molecule has 2 fully saturated rings. The fourth-order valence-corrected chi connectivity index (χ4v) is 3.29. The molecule has 0 bridgehead atoms. The van der Waals surface area contributed by atoms with Crippen molar-refractivity contribution in [1.29, 1.82) is 0 Å². The zero-order chi connectivity index (χ0) is 16.1. The van der Waals surface area contributed by atoms with Crippen LogP contribution in [0.5, 0.6) is 5.88 Å². The van der Waals surface area contributed by atoms with Gasteiger partial charge in [0.15, 0.2) is 0 Å². The van der Waals surface area contributed by atoms with E-state index in [1.165, 1.54) is 0 Å². The number of pyridine rings is 1. The van der Waals surface area contributed by atoms with Crippen LogP contribution in [0.15, 0.2) is 18.3 Å². The number of amides is 1. The van der Waals surface area contributed by atoms with Crippen molar-refractivity contribution in [2.24, 2.45) is 0 Å². The average molecular weight is 319 g/mol. The maximum absolute atomic E-state index is 12.8. The molecule has 0 aliphatic carbocycles. The zero-order valence-corrected chi connectivity index (χ0v) is 13.7. The number of hydrogen-bond donors (Lipinski definition) is 0. The Hall–Kier alpha value is -1.66. The first-order valence-corrected chi connectivity index (χ1v) is 8.48. The molecule has 6 heteroatoms. The van der Waals surface area contributed by atoms with E-state index in [2.05, 4.69) is 9.88 Å². The van der Waals surface area contributed by atoms with Crippen LogP contribution in [0.25, 0.3) is 0 Å². The summed E-state index contributed by atoms with van der Waals surface area (Å²) in [5.41, 5.74) is 0.562. The van der Waals surface area contributed by atoms with Gasteiger partial charge in [-0.05, 0) is 31.9 Å². The van der Waals surface area contributed by atoms with Crippen LogP contribution in [0, 0.1) is 0 Å². The van der Waals surface area contributed by atoms with E-state index in [9.17, 15) is 4.79 Å². The Balaban J connectivity index is 1.66. The molecule has 23 heavy (non-hydrogen) atoms. The highest BCUT2D eigenvalue weighted by Crippen LogP contribution is 2.19.